The Morgan fingerprint density at radius 2 is 2.50 bits per heavy atom. The number of aromatic nitrogens is 1. The van der Waals surface area contributed by atoms with Crippen molar-refractivity contribution < 1.29 is 14.4 Å². The molecule has 2 N–H and O–H groups in total. The molecule has 88 valence electrons. The summed E-state index contributed by atoms with van der Waals surface area (Å²) >= 11 is 0. The Morgan fingerprint density at radius 3 is 3.06 bits per heavy atom. The van der Waals surface area contributed by atoms with E-state index < -0.39 is 0 Å². The lowest BCUT2D eigenvalue weighted by Crippen LogP contribution is -2.51. The number of nitrogens with one attached hydrogen (secondary N) is 1. The molecule has 0 atom stereocenters. The van der Waals surface area contributed by atoms with Crippen molar-refractivity contribution in [2.24, 2.45) is 0 Å². The van der Waals surface area contributed by atoms with Crippen LogP contribution >= 0.6 is 0 Å². The van der Waals surface area contributed by atoms with E-state index in [9.17, 15) is 4.79 Å². The lowest BCUT2D eigenvalue weighted by atomic mass is 10.1. The molecule has 0 aromatic carbocycles. The van der Waals surface area contributed by atoms with Crippen molar-refractivity contribution in [3.63, 3.8) is 0 Å². The van der Waals surface area contributed by atoms with Crippen molar-refractivity contribution in [3.05, 3.63) is 11.8 Å². The molecule has 0 aliphatic carbocycles. The monoisotopic (exact) mass is 225 g/mol. The van der Waals surface area contributed by atoms with Gasteiger partial charge < -0.3 is 14.9 Å². The predicted molar refractivity (Wildman–Crippen MR) is 56.9 cm³/mol. The number of β-amino-alcohol motifs (C(OH)–C–C–N with tert-alkyl or cyclic N) is 1. The minimum absolute atomic E-state index is 0.0883. The fraction of sp³-hybridized carbons (Fsp3) is 0.600. The summed E-state index contributed by atoms with van der Waals surface area (Å²) < 4.78 is 4.83. The highest BCUT2D eigenvalue weighted by atomic mass is 16.5. The Kier molecular flexibility index (Phi) is 3.21. The zero-order valence-electron chi connectivity index (χ0n) is 9.14. The third kappa shape index (κ3) is 2.80. The second-order valence-corrected chi connectivity index (χ2v) is 4.03. The molecule has 0 unspecified atom stereocenters. The van der Waals surface area contributed by atoms with Gasteiger partial charge in [0, 0.05) is 32.1 Å². The average molecular weight is 225 g/mol. The number of likely N-dealkylation sites (tertiary alicyclic amines) is 1. The number of aliphatic hydroxyl groups excluding tert-OH is 1. The van der Waals surface area contributed by atoms with Gasteiger partial charge in [-0.3, -0.25) is 9.69 Å². The van der Waals surface area contributed by atoms with Crippen LogP contribution in [0.5, 0.6) is 0 Å². The van der Waals surface area contributed by atoms with Gasteiger partial charge in [-0.1, -0.05) is 5.16 Å². The van der Waals surface area contributed by atoms with Crippen molar-refractivity contribution in [3.8, 4) is 0 Å². The Morgan fingerprint density at radius 1 is 1.75 bits per heavy atom. The summed E-state index contributed by atoms with van der Waals surface area (Å²) in [5.41, 5.74) is 0. The van der Waals surface area contributed by atoms with Crippen LogP contribution in [0.25, 0.3) is 0 Å². The first-order chi connectivity index (χ1) is 7.63. The van der Waals surface area contributed by atoms with E-state index in [1.165, 1.54) is 0 Å². The first-order valence-electron chi connectivity index (χ1n) is 5.27. The molecule has 2 rings (SSSR count). The standard InChI is InChI=1S/C10H15N3O3/c1-7-4-9(12-16-7)11-10(15)2-3-13-5-8(14)6-13/h4,8,14H,2-3,5-6H2,1H3,(H,11,12,15). The average Bonchev–Trinajstić information content (AvgIpc) is 2.57. The summed E-state index contributed by atoms with van der Waals surface area (Å²) in [6.45, 7) is 3.76. The topological polar surface area (TPSA) is 78.6 Å². The van der Waals surface area contributed by atoms with Crippen LogP contribution in [-0.2, 0) is 4.79 Å². The highest BCUT2D eigenvalue weighted by Crippen LogP contribution is 2.09. The molecule has 1 saturated heterocycles. The van der Waals surface area contributed by atoms with Crippen LogP contribution in [-0.4, -0.2) is 46.8 Å². The number of amides is 1. The fourth-order valence-corrected chi connectivity index (χ4v) is 1.62. The summed E-state index contributed by atoms with van der Waals surface area (Å²) in [5.74, 6) is 1.03. The minimum atomic E-state index is -0.221. The molecule has 1 fully saturated rings. The molecule has 1 amide bonds. The third-order valence-electron chi connectivity index (χ3n) is 2.49. The van der Waals surface area contributed by atoms with Crippen LogP contribution in [0.4, 0.5) is 5.82 Å². The molecule has 0 bridgehead atoms. The number of aliphatic hydroxyl groups is 1. The summed E-state index contributed by atoms with van der Waals surface area (Å²) in [7, 11) is 0. The quantitative estimate of drug-likeness (QED) is 0.753. The number of aryl methyl sites for hydroxylation is 1. The Labute approximate surface area is 93.2 Å². The molecule has 0 radical (unpaired) electrons. The zero-order valence-corrected chi connectivity index (χ0v) is 9.14. The van der Waals surface area contributed by atoms with E-state index in [0.29, 0.717) is 37.6 Å². The van der Waals surface area contributed by atoms with Crippen LogP contribution in [0, 0.1) is 6.92 Å². The van der Waals surface area contributed by atoms with Crippen molar-refractivity contribution in [1.82, 2.24) is 10.1 Å². The zero-order chi connectivity index (χ0) is 11.5. The number of rotatable bonds is 4. The van der Waals surface area contributed by atoms with Crippen LogP contribution in [0.3, 0.4) is 0 Å². The van der Waals surface area contributed by atoms with E-state index in [2.05, 4.69) is 10.5 Å². The molecule has 6 nitrogen and oxygen atoms in total. The molecule has 6 heteroatoms. The largest absolute Gasteiger partial charge is 0.390 e. The molecule has 16 heavy (non-hydrogen) atoms. The number of nitrogens with zero attached hydrogens (tertiary/aromatic N) is 2. The second kappa shape index (κ2) is 4.63. The van der Waals surface area contributed by atoms with Crippen molar-refractivity contribution in [2.75, 3.05) is 25.0 Å². The van der Waals surface area contributed by atoms with Crippen molar-refractivity contribution in [2.45, 2.75) is 19.4 Å². The van der Waals surface area contributed by atoms with Gasteiger partial charge in [-0.25, -0.2) is 0 Å². The maximum absolute atomic E-state index is 11.5. The van der Waals surface area contributed by atoms with E-state index in [4.69, 9.17) is 9.63 Å². The molecular formula is C10H15N3O3. The van der Waals surface area contributed by atoms with Crippen LogP contribution in [0.2, 0.25) is 0 Å². The fourth-order valence-electron chi connectivity index (χ4n) is 1.62. The normalized spacial score (nSPS) is 17.1. The van der Waals surface area contributed by atoms with Gasteiger partial charge >= 0.3 is 0 Å². The minimum Gasteiger partial charge on any atom is -0.390 e. The summed E-state index contributed by atoms with van der Waals surface area (Å²) in [4.78, 5) is 13.5. The van der Waals surface area contributed by atoms with Gasteiger partial charge in [0.05, 0.1) is 6.10 Å². The summed E-state index contributed by atoms with van der Waals surface area (Å²) in [6.07, 6.45) is 0.180. The maximum atomic E-state index is 11.5. The number of carbonyl (C=O) groups excluding carboxylic acids is 1. The van der Waals surface area contributed by atoms with Gasteiger partial charge in [0.25, 0.3) is 0 Å². The maximum Gasteiger partial charge on any atom is 0.226 e. The molecular weight excluding hydrogens is 210 g/mol. The molecule has 0 saturated carbocycles. The lowest BCUT2D eigenvalue weighted by Gasteiger charge is -2.35. The predicted octanol–water partition coefficient (Wildman–Crippen LogP) is -0.0119. The van der Waals surface area contributed by atoms with E-state index in [0.717, 1.165) is 0 Å². The smallest absolute Gasteiger partial charge is 0.226 e. The first kappa shape index (κ1) is 11.1. The summed E-state index contributed by atoms with van der Waals surface area (Å²) in [5, 5.41) is 15.4. The van der Waals surface area contributed by atoms with Gasteiger partial charge in [-0.15, -0.1) is 0 Å². The second-order valence-electron chi connectivity index (χ2n) is 4.03. The van der Waals surface area contributed by atoms with Crippen LogP contribution in [0.1, 0.15) is 12.2 Å². The number of hydrogen-bond acceptors (Lipinski definition) is 5. The molecule has 1 aromatic rings. The molecule has 1 aromatic heterocycles. The van der Waals surface area contributed by atoms with E-state index in [1.54, 1.807) is 13.0 Å². The van der Waals surface area contributed by atoms with Gasteiger partial charge in [0.2, 0.25) is 5.91 Å². The van der Waals surface area contributed by atoms with E-state index >= 15 is 0 Å². The first-order valence-corrected chi connectivity index (χ1v) is 5.27. The lowest BCUT2D eigenvalue weighted by molar-refractivity contribution is -0.117. The number of anilines is 1. The SMILES string of the molecule is Cc1cc(NC(=O)CCN2CC(O)C2)no1. The Hall–Kier alpha value is -1.40. The van der Waals surface area contributed by atoms with Gasteiger partial charge in [-0.05, 0) is 6.92 Å². The molecule has 0 spiro atoms. The Bertz CT molecular complexity index is 371. The van der Waals surface area contributed by atoms with E-state index in [-0.39, 0.29) is 12.0 Å². The summed E-state index contributed by atoms with van der Waals surface area (Å²) in [6, 6.07) is 1.67. The van der Waals surface area contributed by atoms with Gasteiger partial charge in [-0.2, -0.15) is 0 Å². The molecule has 1 aliphatic heterocycles. The van der Waals surface area contributed by atoms with Crippen molar-refractivity contribution in [1.29, 1.82) is 0 Å². The highest BCUT2D eigenvalue weighted by Gasteiger charge is 2.24. The highest BCUT2D eigenvalue weighted by molar-refractivity contribution is 5.89. The van der Waals surface area contributed by atoms with Gasteiger partial charge in [0.1, 0.15) is 5.76 Å². The molecule has 2 heterocycles. The van der Waals surface area contributed by atoms with Crippen LogP contribution in [0.15, 0.2) is 10.6 Å². The number of carbonyl (C=O) groups is 1. The number of hydrogen-bond donors (Lipinski definition) is 2. The van der Waals surface area contributed by atoms with E-state index in [1.807, 2.05) is 4.90 Å². The van der Waals surface area contributed by atoms with Crippen LogP contribution < -0.4 is 5.32 Å². The third-order valence-corrected chi connectivity index (χ3v) is 2.49. The van der Waals surface area contributed by atoms with Crippen molar-refractivity contribution >= 4 is 11.7 Å². The Balaban J connectivity index is 1.68. The van der Waals surface area contributed by atoms with Gasteiger partial charge in [0.15, 0.2) is 5.82 Å². The molecule has 1 aliphatic rings.